The normalized spacial score (nSPS) is 13.4. The number of hydrogen-bond acceptors (Lipinski definition) is 9. The highest BCUT2D eigenvalue weighted by Crippen LogP contribution is 2.37. The van der Waals surface area contributed by atoms with Gasteiger partial charge in [0.1, 0.15) is 16.5 Å². The van der Waals surface area contributed by atoms with Gasteiger partial charge in [-0.3, -0.25) is 4.40 Å². The number of hydrogen-bond donors (Lipinski definition) is 1. The average molecular weight is 492 g/mol. The van der Waals surface area contributed by atoms with E-state index < -0.39 is 10.0 Å². The van der Waals surface area contributed by atoms with E-state index >= 15 is 0 Å². The zero-order valence-electron chi connectivity index (χ0n) is 18.5. The number of aromatic nitrogens is 5. The highest BCUT2D eigenvalue weighted by molar-refractivity contribution is 7.99. The van der Waals surface area contributed by atoms with Crippen molar-refractivity contribution in [3.05, 3.63) is 34.6 Å². The smallest absolute Gasteiger partial charge is 0.244 e. The average Bonchev–Trinajstić information content (AvgIpc) is 3.28. The maximum absolute atomic E-state index is 12.9. The van der Waals surface area contributed by atoms with Crippen LogP contribution in [0.1, 0.15) is 42.3 Å². The standard InChI is InChI=1S/C20H25N7O2S3/c1-6-26(7-2)32(28,29)14-8-9-15-24-25-20(27(15)10-14)31-13(5)18-22-17(21)16-11(3)12(4)30-19(16)23-18/h8-10,13H,6-7H2,1-5H3,(H2,21,22,23). The van der Waals surface area contributed by atoms with Crippen molar-refractivity contribution in [3.63, 3.8) is 0 Å². The Bertz CT molecular complexity index is 1410. The summed E-state index contributed by atoms with van der Waals surface area (Å²) in [6.07, 6.45) is 1.57. The summed E-state index contributed by atoms with van der Waals surface area (Å²) in [5, 5.41) is 9.73. The van der Waals surface area contributed by atoms with Gasteiger partial charge in [-0.25, -0.2) is 18.4 Å². The molecule has 0 aliphatic carbocycles. The highest BCUT2D eigenvalue weighted by Gasteiger charge is 2.24. The molecule has 0 bridgehead atoms. The summed E-state index contributed by atoms with van der Waals surface area (Å²) in [4.78, 5) is 11.5. The molecule has 0 aromatic carbocycles. The third kappa shape index (κ3) is 3.85. The molecule has 32 heavy (non-hydrogen) atoms. The van der Waals surface area contributed by atoms with E-state index in [1.54, 1.807) is 34.1 Å². The molecule has 0 fully saturated rings. The Kier molecular flexibility index (Phi) is 6.14. The number of aryl methyl sites for hydroxylation is 2. The van der Waals surface area contributed by atoms with Crippen LogP contribution in [0.15, 0.2) is 28.4 Å². The Labute approximate surface area is 195 Å². The van der Waals surface area contributed by atoms with Crippen LogP contribution in [0.5, 0.6) is 0 Å². The molecule has 170 valence electrons. The van der Waals surface area contributed by atoms with Crippen LogP contribution in [-0.2, 0) is 10.0 Å². The summed E-state index contributed by atoms with van der Waals surface area (Å²) >= 11 is 3.01. The van der Waals surface area contributed by atoms with Crippen molar-refractivity contribution < 1.29 is 8.42 Å². The largest absolute Gasteiger partial charge is 0.383 e. The third-order valence-electron chi connectivity index (χ3n) is 5.41. The van der Waals surface area contributed by atoms with E-state index in [2.05, 4.69) is 15.2 Å². The molecule has 4 aromatic rings. The molecular weight excluding hydrogens is 466 g/mol. The van der Waals surface area contributed by atoms with Gasteiger partial charge in [-0.1, -0.05) is 25.6 Å². The van der Waals surface area contributed by atoms with Crippen LogP contribution in [0.2, 0.25) is 0 Å². The Balaban J connectivity index is 1.69. The lowest BCUT2D eigenvalue weighted by Crippen LogP contribution is -2.30. The minimum absolute atomic E-state index is 0.167. The highest BCUT2D eigenvalue weighted by atomic mass is 32.2. The van der Waals surface area contributed by atoms with E-state index in [9.17, 15) is 8.42 Å². The lowest BCUT2D eigenvalue weighted by atomic mass is 10.2. The minimum atomic E-state index is -3.59. The monoisotopic (exact) mass is 491 g/mol. The van der Waals surface area contributed by atoms with Crippen molar-refractivity contribution >= 4 is 54.8 Å². The van der Waals surface area contributed by atoms with Gasteiger partial charge < -0.3 is 5.73 Å². The molecule has 4 aromatic heterocycles. The van der Waals surface area contributed by atoms with E-state index in [-0.39, 0.29) is 10.1 Å². The fraction of sp³-hybridized carbons (Fsp3) is 0.400. The second kappa shape index (κ2) is 8.58. The van der Waals surface area contributed by atoms with E-state index in [4.69, 9.17) is 10.7 Å². The molecule has 0 radical (unpaired) electrons. The van der Waals surface area contributed by atoms with Gasteiger partial charge in [-0.2, -0.15) is 4.31 Å². The van der Waals surface area contributed by atoms with Crippen molar-refractivity contribution in [3.8, 4) is 0 Å². The molecular formula is C20H25N7O2S3. The fourth-order valence-corrected chi connectivity index (χ4v) is 6.86. The summed E-state index contributed by atoms with van der Waals surface area (Å²) in [7, 11) is -3.59. The molecule has 0 saturated heterocycles. The third-order valence-corrected chi connectivity index (χ3v) is 9.59. The second-order valence-electron chi connectivity index (χ2n) is 7.36. The van der Waals surface area contributed by atoms with Crippen LogP contribution in [0.25, 0.3) is 15.9 Å². The number of pyridine rings is 1. The van der Waals surface area contributed by atoms with Gasteiger partial charge in [0.2, 0.25) is 10.0 Å². The number of nitrogens with two attached hydrogens (primary N) is 1. The van der Waals surface area contributed by atoms with Crippen LogP contribution < -0.4 is 5.73 Å². The van der Waals surface area contributed by atoms with Crippen molar-refractivity contribution in [2.45, 2.75) is 49.9 Å². The Morgan fingerprint density at radius 1 is 1.19 bits per heavy atom. The number of nitrogens with zero attached hydrogens (tertiary/aromatic N) is 6. The number of nitrogen functional groups attached to an aromatic ring is 1. The SMILES string of the molecule is CCN(CC)S(=O)(=O)c1ccc2nnc(SC(C)c3nc(N)c4c(C)c(C)sc4n3)n2c1. The maximum Gasteiger partial charge on any atom is 0.244 e. The fourth-order valence-electron chi connectivity index (χ4n) is 3.49. The lowest BCUT2D eigenvalue weighted by Gasteiger charge is -2.18. The van der Waals surface area contributed by atoms with Gasteiger partial charge in [-0.05, 0) is 38.5 Å². The molecule has 1 atom stereocenters. The Morgan fingerprint density at radius 2 is 1.91 bits per heavy atom. The van der Waals surface area contributed by atoms with E-state index in [0.717, 1.165) is 15.8 Å². The molecule has 2 N–H and O–H groups in total. The van der Waals surface area contributed by atoms with Crippen LogP contribution in [-0.4, -0.2) is 50.4 Å². The van der Waals surface area contributed by atoms with Crippen molar-refractivity contribution in [2.75, 3.05) is 18.8 Å². The number of sulfonamides is 1. The van der Waals surface area contributed by atoms with Crippen molar-refractivity contribution in [1.29, 1.82) is 0 Å². The van der Waals surface area contributed by atoms with Crippen LogP contribution in [0.3, 0.4) is 0 Å². The van der Waals surface area contributed by atoms with E-state index in [0.29, 0.717) is 35.5 Å². The first-order valence-electron chi connectivity index (χ1n) is 10.2. The van der Waals surface area contributed by atoms with Crippen LogP contribution in [0.4, 0.5) is 5.82 Å². The van der Waals surface area contributed by atoms with Crippen molar-refractivity contribution in [1.82, 2.24) is 28.9 Å². The van der Waals surface area contributed by atoms with Gasteiger partial charge in [0.25, 0.3) is 0 Å². The Morgan fingerprint density at radius 3 is 2.59 bits per heavy atom. The van der Waals surface area contributed by atoms with Gasteiger partial charge in [0, 0.05) is 24.2 Å². The second-order valence-corrected chi connectivity index (χ2v) is 11.8. The number of anilines is 1. The molecule has 4 heterocycles. The summed E-state index contributed by atoms with van der Waals surface area (Å²) < 4.78 is 29.0. The first-order valence-corrected chi connectivity index (χ1v) is 13.4. The molecule has 0 aliphatic heterocycles. The summed E-state index contributed by atoms with van der Waals surface area (Å²) in [6, 6.07) is 3.23. The first kappa shape index (κ1) is 22.9. The number of thiophene rings is 1. The molecule has 9 nitrogen and oxygen atoms in total. The molecule has 1 unspecified atom stereocenters. The number of fused-ring (bicyclic) bond motifs is 2. The zero-order valence-corrected chi connectivity index (χ0v) is 21.0. The van der Waals surface area contributed by atoms with Gasteiger partial charge in [0.15, 0.2) is 10.8 Å². The molecule has 0 amide bonds. The molecule has 0 spiro atoms. The summed E-state index contributed by atoms with van der Waals surface area (Å²) in [5.74, 6) is 1.07. The number of thioether (sulfide) groups is 1. The van der Waals surface area contributed by atoms with Gasteiger partial charge >= 0.3 is 0 Å². The van der Waals surface area contributed by atoms with Gasteiger partial charge in [0.05, 0.1) is 15.5 Å². The van der Waals surface area contributed by atoms with Crippen LogP contribution in [0, 0.1) is 13.8 Å². The number of rotatable bonds is 7. The molecule has 4 rings (SSSR count). The van der Waals surface area contributed by atoms with Gasteiger partial charge in [-0.15, -0.1) is 21.5 Å². The minimum Gasteiger partial charge on any atom is -0.383 e. The lowest BCUT2D eigenvalue weighted by molar-refractivity contribution is 0.445. The Hall–Kier alpha value is -2.28. The summed E-state index contributed by atoms with van der Waals surface area (Å²) in [5.41, 5.74) is 7.92. The topological polar surface area (TPSA) is 119 Å². The predicted molar refractivity (Wildman–Crippen MR) is 129 cm³/mol. The quantitative estimate of drug-likeness (QED) is 0.388. The van der Waals surface area contributed by atoms with Crippen molar-refractivity contribution in [2.24, 2.45) is 0 Å². The maximum atomic E-state index is 12.9. The molecule has 12 heteroatoms. The van der Waals surface area contributed by atoms with E-state index in [1.807, 2.05) is 34.6 Å². The first-order chi connectivity index (χ1) is 15.2. The molecule has 0 aliphatic rings. The molecule has 0 saturated carbocycles. The van der Waals surface area contributed by atoms with Crippen LogP contribution >= 0.6 is 23.1 Å². The zero-order chi connectivity index (χ0) is 23.2. The summed E-state index contributed by atoms with van der Waals surface area (Å²) in [6.45, 7) is 10.5. The van der Waals surface area contributed by atoms with E-state index in [1.165, 1.54) is 20.9 Å². The predicted octanol–water partition coefficient (Wildman–Crippen LogP) is 3.82.